The number of morpholine rings is 1. The zero-order valence-corrected chi connectivity index (χ0v) is 15.8. The summed E-state index contributed by atoms with van der Waals surface area (Å²) in [6.07, 6.45) is 0. The van der Waals surface area contributed by atoms with Gasteiger partial charge in [-0.15, -0.1) is 0 Å². The maximum absolute atomic E-state index is 13.3. The van der Waals surface area contributed by atoms with Crippen LogP contribution in [0.25, 0.3) is 5.70 Å². The van der Waals surface area contributed by atoms with E-state index in [-0.39, 0.29) is 5.91 Å². The van der Waals surface area contributed by atoms with Crippen molar-refractivity contribution >= 4 is 34.6 Å². The molecule has 5 nitrogen and oxygen atoms in total. The second-order valence-electron chi connectivity index (χ2n) is 6.47. The predicted octanol–water partition coefficient (Wildman–Crippen LogP) is 3.81. The predicted molar refractivity (Wildman–Crippen MR) is 108 cm³/mol. The summed E-state index contributed by atoms with van der Waals surface area (Å²) in [4.78, 5) is 15.5. The third-order valence-corrected chi connectivity index (χ3v) is 4.95. The van der Waals surface area contributed by atoms with Gasteiger partial charge in [0.1, 0.15) is 0 Å². The number of carbonyl (C=O) groups excluding carboxylic acids is 1. The van der Waals surface area contributed by atoms with Gasteiger partial charge in [0.2, 0.25) is 0 Å². The average Bonchev–Trinajstić information content (AvgIpc) is 3.00. The molecule has 6 heteroatoms. The number of benzene rings is 2. The van der Waals surface area contributed by atoms with E-state index in [9.17, 15) is 4.79 Å². The first-order valence-corrected chi connectivity index (χ1v) is 9.31. The summed E-state index contributed by atoms with van der Waals surface area (Å²) in [5, 5.41) is 6.68. The molecule has 0 unspecified atom stereocenters. The number of carbonyl (C=O) groups is 1. The van der Waals surface area contributed by atoms with Crippen molar-refractivity contribution in [2.45, 2.75) is 6.92 Å². The summed E-state index contributed by atoms with van der Waals surface area (Å²) in [6.45, 7) is 4.61. The Balaban J connectivity index is 1.82. The molecule has 27 heavy (non-hydrogen) atoms. The molecule has 0 N–H and O–H groups in total. The number of ether oxygens (including phenoxy) is 1. The standard InChI is InChI=1S/C21H20ClN3O2/c1-15-19(21(26)25(23-15)18-5-3-2-4-6-18)20(24-11-13-27-14-12-24)16-7-9-17(22)10-8-16/h2-10H,11-14H2,1H3/b20-19-. The molecule has 2 aliphatic rings. The largest absolute Gasteiger partial charge is 0.378 e. The highest BCUT2D eigenvalue weighted by Gasteiger charge is 2.34. The smallest absolute Gasteiger partial charge is 0.282 e. The van der Waals surface area contributed by atoms with Crippen molar-refractivity contribution in [2.75, 3.05) is 31.3 Å². The molecule has 0 saturated carbocycles. The van der Waals surface area contributed by atoms with Crippen LogP contribution in [0.1, 0.15) is 12.5 Å². The van der Waals surface area contributed by atoms with Gasteiger partial charge in [0, 0.05) is 18.1 Å². The molecule has 1 amide bonds. The lowest BCUT2D eigenvalue weighted by Crippen LogP contribution is -2.37. The fourth-order valence-electron chi connectivity index (χ4n) is 3.40. The summed E-state index contributed by atoms with van der Waals surface area (Å²) in [6, 6.07) is 17.1. The molecule has 0 spiro atoms. The number of rotatable bonds is 3. The number of para-hydroxylation sites is 1. The van der Waals surface area contributed by atoms with Gasteiger partial charge in [-0.05, 0) is 36.8 Å². The molecule has 4 rings (SSSR count). The Kier molecular flexibility index (Phi) is 4.97. The van der Waals surface area contributed by atoms with Crippen LogP contribution in [0.4, 0.5) is 5.69 Å². The van der Waals surface area contributed by atoms with Gasteiger partial charge in [-0.2, -0.15) is 10.1 Å². The molecule has 0 aromatic heterocycles. The van der Waals surface area contributed by atoms with E-state index in [1.807, 2.05) is 61.5 Å². The van der Waals surface area contributed by atoms with Crippen molar-refractivity contribution in [2.24, 2.45) is 5.10 Å². The molecule has 0 radical (unpaired) electrons. The third-order valence-electron chi connectivity index (χ3n) is 4.70. The first kappa shape index (κ1) is 17.8. The van der Waals surface area contributed by atoms with Crippen molar-refractivity contribution in [1.82, 2.24) is 4.90 Å². The fourth-order valence-corrected chi connectivity index (χ4v) is 3.53. The Hall–Kier alpha value is -2.63. The molecule has 1 fully saturated rings. The normalized spacial score (nSPS) is 19.3. The van der Waals surface area contributed by atoms with E-state index >= 15 is 0 Å². The third kappa shape index (κ3) is 3.48. The lowest BCUT2D eigenvalue weighted by atomic mass is 10.0. The number of amides is 1. The molecule has 0 bridgehead atoms. The maximum Gasteiger partial charge on any atom is 0.282 e. The van der Waals surface area contributed by atoms with Gasteiger partial charge < -0.3 is 9.64 Å². The van der Waals surface area contributed by atoms with Crippen LogP contribution in [-0.2, 0) is 9.53 Å². The van der Waals surface area contributed by atoms with E-state index in [0.717, 1.165) is 30.0 Å². The van der Waals surface area contributed by atoms with Crippen molar-refractivity contribution in [3.63, 3.8) is 0 Å². The minimum absolute atomic E-state index is 0.116. The van der Waals surface area contributed by atoms with E-state index in [1.54, 1.807) is 0 Å². The molecule has 2 aliphatic heterocycles. The highest BCUT2D eigenvalue weighted by atomic mass is 35.5. The van der Waals surface area contributed by atoms with Gasteiger partial charge in [0.05, 0.1) is 35.9 Å². The van der Waals surface area contributed by atoms with E-state index in [2.05, 4.69) is 10.0 Å². The molecule has 138 valence electrons. The number of hydrogen-bond acceptors (Lipinski definition) is 4. The molecular weight excluding hydrogens is 362 g/mol. The average molecular weight is 382 g/mol. The molecule has 0 aliphatic carbocycles. The maximum atomic E-state index is 13.3. The molecule has 0 atom stereocenters. The summed E-state index contributed by atoms with van der Waals surface area (Å²) < 4.78 is 5.50. The van der Waals surface area contributed by atoms with Crippen molar-refractivity contribution < 1.29 is 9.53 Å². The van der Waals surface area contributed by atoms with Crippen LogP contribution in [0.15, 0.2) is 65.3 Å². The van der Waals surface area contributed by atoms with Crippen LogP contribution >= 0.6 is 11.6 Å². The van der Waals surface area contributed by atoms with Crippen molar-refractivity contribution in [1.29, 1.82) is 0 Å². The van der Waals surface area contributed by atoms with E-state index < -0.39 is 0 Å². The lowest BCUT2D eigenvalue weighted by molar-refractivity contribution is -0.114. The number of hydrogen-bond donors (Lipinski definition) is 0. The zero-order chi connectivity index (χ0) is 18.8. The Labute approximate surface area is 163 Å². The minimum atomic E-state index is -0.116. The van der Waals surface area contributed by atoms with E-state index in [4.69, 9.17) is 16.3 Å². The van der Waals surface area contributed by atoms with E-state index in [0.29, 0.717) is 29.5 Å². The molecular formula is C21H20ClN3O2. The van der Waals surface area contributed by atoms with Gasteiger partial charge in [-0.3, -0.25) is 4.79 Å². The highest BCUT2D eigenvalue weighted by Crippen LogP contribution is 2.32. The van der Waals surface area contributed by atoms with Crippen molar-refractivity contribution in [3.8, 4) is 0 Å². The second-order valence-corrected chi connectivity index (χ2v) is 6.90. The topological polar surface area (TPSA) is 45.1 Å². The van der Waals surface area contributed by atoms with Crippen LogP contribution in [0.5, 0.6) is 0 Å². The first-order valence-electron chi connectivity index (χ1n) is 8.93. The number of halogens is 1. The number of nitrogens with zero attached hydrogens (tertiary/aromatic N) is 3. The Bertz CT molecular complexity index is 901. The van der Waals surface area contributed by atoms with Crippen LogP contribution in [0.2, 0.25) is 5.02 Å². The molecule has 2 heterocycles. The Morgan fingerprint density at radius 3 is 2.37 bits per heavy atom. The van der Waals surface area contributed by atoms with Crippen molar-refractivity contribution in [3.05, 3.63) is 70.8 Å². The monoisotopic (exact) mass is 381 g/mol. The summed E-state index contributed by atoms with van der Waals surface area (Å²) in [7, 11) is 0. The van der Waals surface area contributed by atoms with Crippen LogP contribution in [0, 0.1) is 0 Å². The molecule has 2 aromatic rings. The molecule has 2 aromatic carbocycles. The van der Waals surface area contributed by atoms with Gasteiger partial charge >= 0.3 is 0 Å². The van der Waals surface area contributed by atoms with E-state index in [1.165, 1.54) is 5.01 Å². The quantitative estimate of drug-likeness (QED) is 0.759. The SMILES string of the molecule is CC1=NN(c2ccccc2)C(=O)/C1=C(/c1ccc(Cl)cc1)N1CCOCC1. The minimum Gasteiger partial charge on any atom is -0.378 e. The lowest BCUT2D eigenvalue weighted by Gasteiger charge is -2.32. The zero-order valence-electron chi connectivity index (χ0n) is 15.1. The molecule has 1 saturated heterocycles. The Morgan fingerprint density at radius 1 is 1.04 bits per heavy atom. The number of hydrazone groups is 1. The Morgan fingerprint density at radius 2 is 1.70 bits per heavy atom. The van der Waals surface area contributed by atoms with Crippen LogP contribution < -0.4 is 5.01 Å². The van der Waals surface area contributed by atoms with Crippen LogP contribution in [-0.4, -0.2) is 42.8 Å². The van der Waals surface area contributed by atoms with Gasteiger partial charge in [0.25, 0.3) is 5.91 Å². The van der Waals surface area contributed by atoms with Gasteiger partial charge in [-0.1, -0.05) is 41.9 Å². The summed E-state index contributed by atoms with van der Waals surface area (Å²) >= 11 is 6.07. The fraction of sp³-hybridized carbons (Fsp3) is 0.238. The summed E-state index contributed by atoms with van der Waals surface area (Å²) in [5.74, 6) is -0.116. The van der Waals surface area contributed by atoms with Gasteiger partial charge in [0.15, 0.2) is 0 Å². The van der Waals surface area contributed by atoms with Gasteiger partial charge in [-0.25, -0.2) is 0 Å². The number of anilines is 1. The second kappa shape index (κ2) is 7.55. The summed E-state index contributed by atoms with van der Waals surface area (Å²) in [5.41, 5.74) is 3.94. The van der Waals surface area contributed by atoms with Crippen LogP contribution in [0.3, 0.4) is 0 Å². The highest BCUT2D eigenvalue weighted by molar-refractivity contribution is 6.33. The first-order chi connectivity index (χ1) is 13.1.